The predicted molar refractivity (Wildman–Crippen MR) is 164 cm³/mol. The summed E-state index contributed by atoms with van der Waals surface area (Å²) in [5.74, 6) is -2.37. The quantitative estimate of drug-likeness (QED) is 0.242. The highest BCUT2D eigenvalue weighted by molar-refractivity contribution is 7.91. The lowest BCUT2D eigenvalue weighted by atomic mass is 10.1. The zero-order chi connectivity index (χ0) is 31.5. The molecule has 10 nitrogen and oxygen atoms in total. The number of ether oxygens (including phenoxy) is 1. The fourth-order valence-corrected chi connectivity index (χ4v) is 6.08. The highest BCUT2D eigenvalue weighted by Gasteiger charge is 2.23. The normalized spacial score (nSPS) is 12.5. The molecule has 0 radical (unpaired) electrons. The van der Waals surface area contributed by atoms with E-state index < -0.39 is 32.3 Å². The minimum absolute atomic E-state index is 0.105. The lowest BCUT2D eigenvalue weighted by Gasteiger charge is -2.31. The van der Waals surface area contributed by atoms with Crippen LogP contribution in [-0.4, -0.2) is 90.5 Å². The molecule has 2 N–H and O–H groups in total. The molecule has 1 atom stereocenters. The number of H-pyrrole nitrogens is 1. The van der Waals surface area contributed by atoms with Gasteiger partial charge in [0.2, 0.25) is 9.84 Å². The number of nitrogens with zero attached hydrogens (tertiary/aromatic N) is 4. The maximum absolute atomic E-state index is 13.8. The summed E-state index contributed by atoms with van der Waals surface area (Å²) < 4.78 is 59.2. The van der Waals surface area contributed by atoms with Crippen molar-refractivity contribution in [3.63, 3.8) is 0 Å². The number of halogens is 2. The molecule has 0 saturated heterocycles. The highest BCUT2D eigenvalue weighted by atomic mass is 32.2. The van der Waals surface area contributed by atoms with E-state index in [0.29, 0.717) is 41.4 Å². The van der Waals surface area contributed by atoms with Crippen molar-refractivity contribution in [2.24, 2.45) is 0 Å². The summed E-state index contributed by atoms with van der Waals surface area (Å²) in [6.45, 7) is 3.94. The number of amides is 1. The van der Waals surface area contributed by atoms with Gasteiger partial charge in [-0.2, -0.15) is 5.10 Å². The molecule has 0 fully saturated rings. The van der Waals surface area contributed by atoms with Gasteiger partial charge in [0.05, 0.1) is 33.2 Å². The minimum Gasteiger partial charge on any atom is -0.383 e. The molecule has 0 bridgehead atoms. The van der Waals surface area contributed by atoms with Crippen LogP contribution < -0.4 is 15.1 Å². The highest BCUT2D eigenvalue weighted by Crippen LogP contribution is 2.31. The third kappa shape index (κ3) is 7.12. The Morgan fingerprint density at radius 1 is 1.00 bits per heavy atom. The molecule has 3 aromatic carbocycles. The number of aromatic nitrogens is 2. The number of likely N-dealkylation sites (N-methyl/N-ethyl adjacent to an activating group) is 3. The number of nitrogens with one attached hydrogen (secondary N) is 2. The van der Waals surface area contributed by atoms with Crippen LogP contribution >= 0.6 is 0 Å². The zero-order valence-electron chi connectivity index (χ0n) is 25.0. The van der Waals surface area contributed by atoms with Gasteiger partial charge >= 0.3 is 0 Å². The van der Waals surface area contributed by atoms with Crippen LogP contribution in [0.2, 0.25) is 0 Å². The monoisotopic (exact) mass is 614 g/mol. The minimum atomic E-state index is -4.27. The summed E-state index contributed by atoms with van der Waals surface area (Å²) in [7, 11) is 5.24. The van der Waals surface area contributed by atoms with E-state index in [1.54, 1.807) is 13.2 Å². The second-order valence-corrected chi connectivity index (χ2v) is 12.6. The first-order chi connectivity index (χ1) is 20.3. The Morgan fingerprint density at radius 3 is 2.35 bits per heavy atom. The van der Waals surface area contributed by atoms with E-state index >= 15 is 0 Å². The fraction of sp³-hybridized carbons (Fsp3) is 0.333. The summed E-state index contributed by atoms with van der Waals surface area (Å²) in [4.78, 5) is 19.1. The average molecular weight is 615 g/mol. The van der Waals surface area contributed by atoms with Crippen molar-refractivity contribution in [2.45, 2.75) is 22.8 Å². The van der Waals surface area contributed by atoms with Crippen molar-refractivity contribution in [3.8, 4) is 0 Å². The Bertz CT molecular complexity index is 1710. The molecule has 1 aromatic heterocycles. The van der Waals surface area contributed by atoms with Gasteiger partial charge in [-0.1, -0.05) is 0 Å². The largest absolute Gasteiger partial charge is 0.383 e. The Morgan fingerprint density at radius 2 is 1.70 bits per heavy atom. The van der Waals surface area contributed by atoms with Crippen molar-refractivity contribution >= 4 is 43.8 Å². The second kappa shape index (κ2) is 13.1. The number of fused-ring (bicyclic) bond motifs is 1. The molecule has 0 aliphatic rings. The Labute approximate surface area is 250 Å². The number of carbonyl (C=O) groups is 1. The Balaban J connectivity index is 1.68. The van der Waals surface area contributed by atoms with Gasteiger partial charge in [0.1, 0.15) is 11.6 Å². The number of sulfone groups is 1. The standard InChI is InChI=1S/C30H36F2N6O4S/c1-19(18-36(2)3)38(5)22-7-9-25(28(16-22)37(4)11-12-42-6)30(39)33-29-26-17-23(8-10-27(26)34-35-29)43(40,41)24-14-20(31)13-21(32)15-24/h7-10,13-17,19H,11-12,18H2,1-6H3,(H2,33,34,35,39). The molecule has 1 heterocycles. The predicted octanol–water partition coefficient (Wildman–Crippen LogP) is 4.40. The molecule has 1 unspecified atom stereocenters. The summed E-state index contributed by atoms with van der Waals surface area (Å²) in [5.41, 5.74) is 2.45. The van der Waals surface area contributed by atoms with Gasteiger partial charge in [0.15, 0.2) is 5.82 Å². The van der Waals surface area contributed by atoms with Gasteiger partial charge in [0.25, 0.3) is 5.91 Å². The van der Waals surface area contributed by atoms with Crippen LogP contribution in [0.25, 0.3) is 10.9 Å². The Kier molecular flexibility index (Phi) is 9.68. The smallest absolute Gasteiger partial charge is 0.258 e. The maximum atomic E-state index is 13.8. The number of benzene rings is 3. The lowest BCUT2D eigenvalue weighted by molar-refractivity contribution is 0.102. The van der Waals surface area contributed by atoms with Crippen LogP contribution in [0.3, 0.4) is 0 Å². The molecule has 43 heavy (non-hydrogen) atoms. The summed E-state index contributed by atoms with van der Waals surface area (Å²) >= 11 is 0. The van der Waals surface area contributed by atoms with Crippen LogP contribution in [0.4, 0.5) is 26.0 Å². The van der Waals surface area contributed by atoms with Crippen molar-refractivity contribution in [1.29, 1.82) is 0 Å². The molecule has 0 saturated carbocycles. The number of aromatic amines is 1. The maximum Gasteiger partial charge on any atom is 0.258 e. The van der Waals surface area contributed by atoms with Crippen molar-refractivity contribution in [3.05, 3.63) is 71.8 Å². The number of hydrogen-bond donors (Lipinski definition) is 2. The topological polar surface area (TPSA) is 111 Å². The molecular weight excluding hydrogens is 578 g/mol. The summed E-state index contributed by atoms with van der Waals surface area (Å²) in [6, 6.07) is 12.0. The molecule has 1 amide bonds. The number of hydrogen-bond acceptors (Lipinski definition) is 8. The van der Waals surface area contributed by atoms with E-state index in [9.17, 15) is 22.0 Å². The van der Waals surface area contributed by atoms with E-state index in [-0.39, 0.29) is 16.8 Å². The first kappa shape index (κ1) is 31.9. The molecule has 0 aliphatic carbocycles. The number of anilines is 3. The fourth-order valence-electron chi connectivity index (χ4n) is 4.75. The zero-order valence-corrected chi connectivity index (χ0v) is 25.8. The summed E-state index contributed by atoms with van der Waals surface area (Å²) in [5, 5.41) is 10.1. The van der Waals surface area contributed by atoms with Gasteiger partial charge in [-0.3, -0.25) is 9.89 Å². The van der Waals surface area contributed by atoms with E-state index in [4.69, 9.17) is 4.74 Å². The van der Waals surface area contributed by atoms with Gasteiger partial charge < -0.3 is 24.8 Å². The van der Waals surface area contributed by atoms with Crippen molar-refractivity contribution in [2.75, 3.05) is 70.1 Å². The first-order valence-corrected chi connectivity index (χ1v) is 15.0. The average Bonchev–Trinajstić information content (AvgIpc) is 3.36. The second-order valence-electron chi connectivity index (χ2n) is 10.7. The molecule has 4 aromatic rings. The molecular formula is C30H36F2N6O4S. The molecule has 13 heteroatoms. The van der Waals surface area contributed by atoms with Crippen molar-refractivity contribution < 1.29 is 26.7 Å². The van der Waals surface area contributed by atoms with Crippen LogP contribution in [0.5, 0.6) is 0 Å². The lowest BCUT2D eigenvalue weighted by Crippen LogP contribution is -2.37. The van der Waals surface area contributed by atoms with Gasteiger partial charge in [-0.25, -0.2) is 17.2 Å². The molecule has 0 spiro atoms. The number of methoxy groups -OCH3 is 1. The van der Waals surface area contributed by atoms with E-state index in [1.165, 1.54) is 18.2 Å². The summed E-state index contributed by atoms with van der Waals surface area (Å²) in [6.07, 6.45) is 0. The Hall–Kier alpha value is -4.07. The van der Waals surface area contributed by atoms with Crippen LogP contribution in [0.1, 0.15) is 17.3 Å². The van der Waals surface area contributed by atoms with E-state index in [2.05, 4.69) is 32.2 Å². The molecule has 230 valence electrons. The van der Waals surface area contributed by atoms with Crippen LogP contribution in [0.15, 0.2) is 64.4 Å². The van der Waals surface area contributed by atoms with Crippen LogP contribution in [-0.2, 0) is 14.6 Å². The van der Waals surface area contributed by atoms with Crippen molar-refractivity contribution in [1.82, 2.24) is 15.1 Å². The van der Waals surface area contributed by atoms with E-state index in [1.807, 2.05) is 45.2 Å². The third-order valence-electron chi connectivity index (χ3n) is 7.19. The SMILES string of the molecule is COCCN(C)c1cc(N(C)C(C)CN(C)C)ccc1C(=O)Nc1n[nH]c2ccc(S(=O)(=O)c3cc(F)cc(F)c3)cc12. The number of rotatable bonds is 12. The molecule has 4 rings (SSSR count). The van der Waals surface area contributed by atoms with E-state index in [0.717, 1.165) is 24.4 Å². The first-order valence-electron chi connectivity index (χ1n) is 13.5. The van der Waals surface area contributed by atoms with Gasteiger partial charge in [-0.15, -0.1) is 0 Å². The third-order valence-corrected chi connectivity index (χ3v) is 8.92. The van der Waals surface area contributed by atoms with Gasteiger partial charge in [-0.05, 0) is 69.6 Å². The van der Waals surface area contributed by atoms with Crippen LogP contribution in [0, 0.1) is 11.6 Å². The van der Waals surface area contributed by atoms with Gasteiger partial charge in [0, 0.05) is 57.5 Å². The number of carbonyl (C=O) groups excluding carboxylic acids is 1. The molecule has 0 aliphatic heterocycles.